The molecule has 1 aromatic heterocycles. The molecule has 1 saturated heterocycles. The molecule has 0 bridgehead atoms. The zero-order valence-corrected chi connectivity index (χ0v) is 14.9. The first-order chi connectivity index (χ1) is 13.3. The van der Waals surface area contributed by atoms with E-state index in [4.69, 9.17) is 9.84 Å². The van der Waals surface area contributed by atoms with Gasteiger partial charge in [-0.3, -0.25) is 14.7 Å². The van der Waals surface area contributed by atoms with Crippen LogP contribution in [0.3, 0.4) is 0 Å². The Labute approximate surface area is 159 Å². The second-order valence-electron chi connectivity index (χ2n) is 6.41. The first kappa shape index (κ1) is 19.9. The van der Waals surface area contributed by atoms with Crippen molar-refractivity contribution in [2.24, 2.45) is 0 Å². The molecule has 0 spiro atoms. The predicted octanol–water partition coefficient (Wildman–Crippen LogP) is -0.0639. The van der Waals surface area contributed by atoms with Gasteiger partial charge in [0.05, 0.1) is 23.1 Å². The minimum atomic E-state index is -1.40. The normalized spacial score (nSPS) is 25.4. The molecule has 0 amide bonds. The fourth-order valence-electron chi connectivity index (χ4n) is 3.12. The first-order valence-electron chi connectivity index (χ1n) is 8.55. The Morgan fingerprint density at radius 2 is 2.04 bits per heavy atom. The maximum absolute atomic E-state index is 12.3. The van der Waals surface area contributed by atoms with Crippen LogP contribution in [0.15, 0.2) is 41.3 Å². The summed E-state index contributed by atoms with van der Waals surface area (Å²) in [6, 6.07) is 7.18. The fraction of sp³-hybridized carbons (Fsp3) is 0.412. The van der Waals surface area contributed by atoms with Crippen molar-refractivity contribution in [2.75, 3.05) is 11.9 Å². The largest absolute Gasteiger partial charge is 0.394 e. The molecule has 5 atom stereocenters. The van der Waals surface area contributed by atoms with Gasteiger partial charge in [-0.25, -0.2) is 4.79 Å². The molecule has 1 aliphatic rings. The van der Waals surface area contributed by atoms with Crippen LogP contribution in [0.5, 0.6) is 0 Å². The van der Waals surface area contributed by atoms with Crippen molar-refractivity contribution in [3.8, 4) is 0 Å². The maximum Gasteiger partial charge on any atom is 0.351 e. The number of nitro benzene ring substituents is 1. The van der Waals surface area contributed by atoms with Crippen molar-refractivity contribution in [2.45, 2.75) is 37.5 Å². The van der Waals surface area contributed by atoms with Gasteiger partial charge >= 0.3 is 5.69 Å². The van der Waals surface area contributed by atoms with Crippen LogP contribution in [-0.2, 0) is 4.74 Å². The Kier molecular flexibility index (Phi) is 5.70. The number of aliphatic hydroxyl groups excluding tert-OH is 3. The highest BCUT2D eigenvalue weighted by molar-refractivity contribution is 5.46. The Hall–Kier alpha value is -2.86. The molecule has 1 aromatic carbocycles. The number of benzene rings is 1. The smallest absolute Gasteiger partial charge is 0.351 e. The van der Waals surface area contributed by atoms with Crippen LogP contribution >= 0.6 is 0 Å². The Morgan fingerprint density at radius 1 is 1.32 bits per heavy atom. The number of nitrogens with one attached hydrogen (secondary N) is 1. The zero-order valence-electron chi connectivity index (χ0n) is 14.9. The van der Waals surface area contributed by atoms with Crippen molar-refractivity contribution in [3.63, 3.8) is 0 Å². The van der Waals surface area contributed by atoms with Crippen molar-refractivity contribution in [3.05, 3.63) is 62.7 Å². The molecule has 1 fully saturated rings. The number of anilines is 1. The Morgan fingerprint density at radius 3 is 2.64 bits per heavy atom. The predicted molar refractivity (Wildman–Crippen MR) is 96.6 cm³/mol. The van der Waals surface area contributed by atoms with E-state index in [1.807, 2.05) is 0 Å². The number of hydrogen-bond donors (Lipinski definition) is 4. The van der Waals surface area contributed by atoms with E-state index in [1.165, 1.54) is 18.3 Å². The van der Waals surface area contributed by atoms with Crippen LogP contribution in [0.4, 0.5) is 11.5 Å². The topological polar surface area (TPSA) is 160 Å². The standard InChI is InChI=1S/C17H20N4O7/c1-9(10-4-2-3-5-11(10)21(26)27)18-13-6-7-20(17(25)19-13)16-15(24)14(23)12(8-22)28-16/h2-7,9,12,14-16,22-24H,8H2,1H3,(H,18,19,25)/t9-,12-,14+,15?,16-/m1/s1. The summed E-state index contributed by atoms with van der Waals surface area (Å²) < 4.78 is 6.32. The molecule has 0 aliphatic carbocycles. The summed E-state index contributed by atoms with van der Waals surface area (Å²) >= 11 is 0. The second-order valence-corrected chi connectivity index (χ2v) is 6.41. The van der Waals surface area contributed by atoms with Gasteiger partial charge in [0, 0.05) is 12.3 Å². The first-order valence-corrected chi connectivity index (χ1v) is 8.55. The molecular weight excluding hydrogens is 372 g/mol. The number of aromatic nitrogens is 2. The van der Waals surface area contributed by atoms with Crippen molar-refractivity contribution >= 4 is 11.5 Å². The summed E-state index contributed by atoms with van der Waals surface area (Å²) in [5, 5.41) is 43.1. The van der Waals surface area contributed by atoms with E-state index in [0.29, 0.717) is 5.56 Å². The van der Waals surface area contributed by atoms with Crippen LogP contribution in [0.2, 0.25) is 0 Å². The average molecular weight is 392 g/mol. The quantitative estimate of drug-likeness (QED) is 0.390. The highest BCUT2D eigenvalue weighted by Gasteiger charge is 2.43. The number of rotatable bonds is 6. The minimum absolute atomic E-state index is 0.0534. The highest BCUT2D eigenvalue weighted by atomic mass is 16.6. The van der Waals surface area contributed by atoms with E-state index in [2.05, 4.69) is 10.3 Å². The fourth-order valence-corrected chi connectivity index (χ4v) is 3.12. The van der Waals surface area contributed by atoms with Gasteiger partial charge in [0.25, 0.3) is 5.69 Å². The lowest BCUT2D eigenvalue weighted by Crippen LogP contribution is -2.36. The Balaban J connectivity index is 1.80. The number of para-hydroxylation sites is 1. The van der Waals surface area contributed by atoms with Crippen LogP contribution < -0.4 is 11.0 Å². The van der Waals surface area contributed by atoms with Gasteiger partial charge in [-0.2, -0.15) is 4.98 Å². The lowest BCUT2D eigenvalue weighted by molar-refractivity contribution is -0.385. The third-order valence-corrected chi connectivity index (χ3v) is 4.59. The summed E-state index contributed by atoms with van der Waals surface area (Å²) in [5.74, 6) is 0.179. The summed E-state index contributed by atoms with van der Waals surface area (Å²) in [6.07, 6.45) is -3.61. The molecule has 11 nitrogen and oxygen atoms in total. The van der Waals surface area contributed by atoms with E-state index < -0.39 is 47.8 Å². The molecule has 1 unspecified atom stereocenters. The van der Waals surface area contributed by atoms with E-state index in [9.17, 15) is 25.1 Å². The molecule has 3 rings (SSSR count). The molecule has 28 heavy (non-hydrogen) atoms. The van der Waals surface area contributed by atoms with E-state index >= 15 is 0 Å². The van der Waals surface area contributed by atoms with Crippen LogP contribution in [0.25, 0.3) is 0 Å². The van der Waals surface area contributed by atoms with Crippen molar-refractivity contribution < 1.29 is 25.0 Å². The van der Waals surface area contributed by atoms with Crippen molar-refractivity contribution in [1.82, 2.24) is 9.55 Å². The Bertz CT molecular complexity index is 918. The lowest BCUT2D eigenvalue weighted by atomic mass is 10.1. The summed E-state index contributed by atoms with van der Waals surface area (Å²) in [7, 11) is 0. The monoisotopic (exact) mass is 392 g/mol. The van der Waals surface area contributed by atoms with Gasteiger partial charge in [0.1, 0.15) is 24.1 Å². The summed E-state index contributed by atoms with van der Waals surface area (Å²) in [6.45, 7) is 1.19. The van der Waals surface area contributed by atoms with Gasteiger partial charge in [0.2, 0.25) is 0 Å². The average Bonchev–Trinajstić information content (AvgIpc) is 2.96. The number of nitrogens with zero attached hydrogens (tertiary/aromatic N) is 3. The van der Waals surface area contributed by atoms with Crippen LogP contribution in [0, 0.1) is 10.1 Å². The van der Waals surface area contributed by atoms with Gasteiger partial charge in [-0.15, -0.1) is 0 Å². The van der Waals surface area contributed by atoms with Gasteiger partial charge in [-0.05, 0) is 13.0 Å². The second kappa shape index (κ2) is 8.02. The summed E-state index contributed by atoms with van der Waals surface area (Å²) in [5.41, 5.74) is -0.376. The molecule has 150 valence electrons. The minimum Gasteiger partial charge on any atom is -0.394 e. The summed E-state index contributed by atoms with van der Waals surface area (Å²) in [4.78, 5) is 26.9. The molecule has 2 heterocycles. The van der Waals surface area contributed by atoms with Crippen molar-refractivity contribution in [1.29, 1.82) is 0 Å². The molecule has 11 heteroatoms. The van der Waals surface area contributed by atoms with E-state index in [0.717, 1.165) is 4.57 Å². The number of aliphatic hydroxyl groups is 3. The molecule has 0 saturated carbocycles. The van der Waals surface area contributed by atoms with Crippen LogP contribution in [-0.4, -0.2) is 54.7 Å². The lowest BCUT2D eigenvalue weighted by Gasteiger charge is -2.19. The molecule has 4 N–H and O–H groups in total. The number of nitro groups is 1. The van der Waals surface area contributed by atoms with Gasteiger partial charge < -0.3 is 25.4 Å². The third-order valence-electron chi connectivity index (χ3n) is 4.59. The van der Waals surface area contributed by atoms with E-state index in [-0.39, 0.29) is 11.5 Å². The maximum atomic E-state index is 12.3. The van der Waals surface area contributed by atoms with Gasteiger partial charge in [-0.1, -0.05) is 18.2 Å². The SMILES string of the molecule is C[C@@H](Nc1ccn([C@@H]2O[C@H](CO)[C@H](O)C2O)c(=O)n1)c1ccccc1[N+](=O)[O-]. The number of ether oxygens (including phenoxy) is 1. The van der Waals surface area contributed by atoms with Crippen LogP contribution in [0.1, 0.15) is 24.8 Å². The molecule has 0 radical (unpaired) electrons. The molecule has 1 aliphatic heterocycles. The number of hydrogen-bond acceptors (Lipinski definition) is 9. The highest BCUT2D eigenvalue weighted by Crippen LogP contribution is 2.29. The zero-order chi connectivity index (χ0) is 20.4. The molecular formula is C17H20N4O7. The van der Waals surface area contributed by atoms with Gasteiger partial charge in [0.15, 0.2) is 6.23 Å². The van der Waals surface area contributed by atoms with E-state index in [1.54, 1.807) is 25.1 Å². The molecule has 2 aromatic rings. The third kappa shape index (κ3) is 3.73.